The summed E-state index contributed by atoms with van der Waals surface area (Å²) in [7, 11) is 0. The van der Waals surface area contributed by atoms with Gasteiger partial charge in [-0.05, 0) is 142 Å². The van der Waals surface area contributed by atoms with Gasteiger partial charge in [-0.3, -0.25) is 9.59 Å². The van der Waals surface area contributed by atoms with Crippen LogP contribution in [0.4, 0.5) is 0 Å². The van der Waals surface area contributed by atoms with Crippen LogP contribution in [0, 0.1) is 11.8 Å². The summed E-state index contributed by atoms with van der Waals surface area (Å²) in [5, 5.41) is 4.14. The first kappa shape index (κ1) is 39.5. The van der Waals surface area contributed by atoms with Crippen molar-refractivity contribution >= 4 is 34.4 Å². The van der Waals surface area contributed by atoms with Crippen LogP contribution in [0.5, 0.6) is 5.75 Å². The smallest absolute Gasteiger partial charge is 0.311 e. The molecule has 2 fully saturated rings. The fourth-order valence-electron chi connectivity index (χ4n) is 10.8. The molecule has 1 aliphatic heterocycles. The third-order valence-corrected chi connectivity index (χ3v) is 14.1. The molecule has 0 spiro atoms. The Morgan fingerprint density at radius 1 is 0.593 bits per heavy atom. The molecule has 5 aromatic carbocycles. The van der Waals surface area contributed by atoms with E-state index < -0.39 is 6.10 Å². The van der Waals surface area contributed by atoms with E-state index in [-0.39, 0.29) is 17.9 Å². The van der Waals surface area contributed by atoms with Crippen LogP contribution in [0.2, 0.25) is 0 Å². The average Bonchev–Trinajstić information content (AvgIpc) is 3.28. The highest BCUT2D eigenvalue weighted by molar-refractivity contribution is 6.00. The van der Waals surface area contributed by atoms with Crippen molar-refractivity contribution < 1.29 is 19.1 Å². The molecule has 1 heterocycles. The molecule has 0 aromatic heterocycles. The van der Waals surface area contributed by atoms with E-state index in [1.54, 1.807) is 0 Å². The number of rotatable bonds is 6. The number of fused-ring (bicyclic) bond motifs is 6. The first-order valence-electron chi connectivity index (χ1n) is 23.0. The van der Waals surface area contributed by atoms with Gasteiger partial charge in [0.05, 0.1) is 0 Å². The van der Waals surface area contributed by atoms with Crippen molar-refractivity contribution in [3.63, 3.8) is 0 Å². The van der Waals surface area contributed by atoms with E-state index in [1.807, 2.05) is 6.07 Å². The van der Waals surface area contributed by atoms with Gasteiger partial charge in [0.1, 0.15) is 11.9 Å². The van der Waals surface area contributed by atoms with Gasteiger partial charge >= 0.3 is 11.9 Å². The van der Waals surface area contributed by atoms with Crippen molar-refractivity contribution in [3.8, 4) is 28.0 Å². The van der Waals surface area contributed by atoms with Gasteiger partial charge in [0, 0.05) is 29.9 Å². The van der Waals surface area contributed by atoms with Gasteiger partial charge < -0.3 is 9.47 Å². The maximum atomic E-state index is 13.5. The topological polar surface area (TPSA) is 52.6 Å². The third-order valence-electron chi connectivity index (χ3n) is 14.1. The lowest BCUT2D eigenvalue weighted by Crippen LogP contribution is -2.41. The largest absolute Gasteiger partial charge is 0.457 e. The summed E-state index contributed by atoms with van der Waals surface area (Å²) in [6.45, 7) is 4.45. The second-order valence-electron chi connectivity index (χ2n) is 18.1. The first-order valence-corrected chi connectivity index (χ1v) is 23.0. The van der Waals surface area contributed by atoms with Crippen LogP contribution in [-0.4, -0.2) is 18.0 Å². The van der Waals surface area contributed by atoms with Gasteiger partial charge in [-0.1, -0.05) is 137 Å². The Morgan fingerprint density at radius 3 is 1.90 bits per heavy atom. The van der Waals surface area contributed by atoms with Crippen molar-refractivity contribution in [1.29, 1.82) is 0 Å². The molecule has 304 valence electrons. The van der Waals surface area contributed by atoms with Crippen LogP contribution < -0.4 is 15.2 Å². The van der Waals surface area contributed by atoms with Gasteiger partial charge in [0.2, 0.25) is 0 Å². The molecule has 4 aliphatic rings. The summed E-state index contributed by atoms with van der Waals surface area (Å²) < 4.78 is 12.8. The maximum Gasteiger partial charge on any atom is 0.311 e. The van der Waals surface area contributed by atoms with E-state index in [0.29, 0.717) is 43.3 Å². The van der Waals surface area contributed by atoms with Crippen molar-refractivity contribution in [1.82, 2.24) is 0 Å². The molecular formula is C55H60O4. The second-order valence-corrected chi connectivity index (χ2v) is 18.1. The van der Waals surface area contributed by atoms with Crippen LogP contribution in [0.3, 0.4) is 0 Å². The molecule has 2 unspecified atom stereocenters. The van der Waals surface area contributed by atoms with Crippen molar-refractivity contribution in [2.24, 2.45) is 11.8 Å². The van der Waals surface area contributed by atoms with E-state index in [4.69, 9.17) is 9.47 Å². The lowest BCUT2D eigenvalue weighted by Gasteiger charge is -2.30. The fraction of sp³-hybridized carbons (Fsp3) is 0.418. The predicted octanol–water partition coefficient (Wildman–Crippen LogP) is 12.7. The number of esters is 2. The third kappa shape index (κ3) is 8.56. The molecule has 3 aliphatic carbocycles. The van der Waals surface area contributed by atoms with Crippen LogP contribution >= 0.6 is 0 Å². The average molecular weight is 785 g/mol. The van der Waals surface area contributed by atoms with Gasteiger partial charge in [-0.15, -0.1) is 0 Å². The number of hydrogen-bond donors (Lipinski definition) is 0. The summed E-state index contributed by atoms with van der Waals surface area (Å²) in [6, 6.07) is 35.8. The lowest BCUT2D eigenvalue weighted by molar-refractivity contribution is -0.147. The van der Waals surface area contributed by atoms with Crippen LogP contribution in [-0.2, 0) is 14.3 Å². The molecule has 0 radical (unpaired) electrons. The van der Waals surface area contributed by atoms with Gasteiger partial charge in [0.25, 0.3) is 0 Å². The second kappa shape index (κ2) is 17.7. The van der Waals surface area contributed by atoms with Crippen molar-refractivity contribution in [2.75, 3.05) is 0 Å². The molecule has 59 heavy (non-hydrogen) atoms. The molecule has 0 saturated heterocycles. The molecule has 2 saturated carbocycles. The molecule has 5 aromatic rings. The molecule has 4 nitrogen and oxygen atoms in total. The minimum absolute atomic E-state index is 0.103. The van der Waals surface area contributed by atoms with E-state index >= 15 is 0 Å². The van der Waals surface area contributed by atoms with E-state index in [1.165, 1.54) is 92.9 Å². The van der Waals surface area contributed by atoms with Crippen LogP contribution in [0.25, 0.3) is 44.7 Å². The Morgan fingerprint density at radius 2 is 1.20 bits per heavy atom. The zero-order valence-electron chi connectivity index (χ0n) is 35.1. The Labute approximate surface area is 350 Å². The van der Waals surface area contributed by atoms with Crippen molar-refractivity contribution in [3.05, 3.63) is 124 Å². The van der Waals surface area contributed by atoms with Crippen LogP contribution in [0.15, 0.2) is 97.1 Å². The maximum absolute atomic E-state index is 13.5. The zero-order chi connectivity index (χ0) is 40.3. The van der Waals surface area contributed by atoms with Gasteiger partial charge in [0.15, 0.2) is 0 Å². The quantitative estimate of drug-likeness (QED) is 0.127. The summed E-state index contributed by atoms with van der Waals surface area (Å²) in [5.41, 5.74) is 9.34. The number of benzene rings is 5. The molecule has 0 bridgehead atoms. The number of carbonyl (C=O) groups is 2. The predicted molar refractivity (Wildman–Crippen MR) is 241 cm³/mol. The SMILES string of the molecule is CCCC1CCC(c2ccc(-c3ccc4c5c(ccc4c3)OC(=O)CCCCCC(=O)OC3C5=c4ccc(-c5ccc(C6CCCCC6)cc5)cc4=CC3C)cc2)CC1. The molecule has 0 amide bonds. The number of ether oxygens (including phenoxy) is 2. The van der Waals surface area contributed by atoms with Crippen molar-refractivity contribution in [2.45, 2.75) is 135 Å². The Kier molecular flexibility index (Phi) is 11.9. The monoisotopic (exact) mass is 784 g/mol. The Hall–Kier alpha value is -4.96. The highest BCUT2D eigenvalue weighted by Crippen LogP contribution is 2.42. The van der Waals surface area contributed by atoms with Crippen LogP contribution in [0.1, 0.15) is 145 Å². The standard InChI is InChI=1S/C55H60O4/c1-3-10-37-15-17-39(18-16-37)41-21-25-42(26-22-41)44-27-30-48-46(34-44)29-32-50-53(48)54-49-31-28-45(43-23-19-40(20-24-43)38-11-6-4-7-12-38)35-47(49)33-36(2)55(54)59-52(57)14-9-5-8-13-51(56)58-50/h19-39,55H,3-18H2,1-2H3. The minimum atomic E-state index is -0.538. The van der Waals surface area contributed by atoms with Gasteiger partial charge in [-0.2, -0.15) is 0 Å². The number of hydrogen-bond acceptors (Lipinski definition) is 4. The summed E-state index contributed by atoms with van der Waals surface area (Å²) >= 11 is 0. The highest BCUT2D eigenvalue weighted by atomic mass is 16.5. The minimum Gasteiger partial charge on any atom is -0.457 e. The molecule has 4 heteroatoms. The summed E-state index contributed by atoms with van der Waals surface area (Å²) in [5.74, 6) is 2.20. The van der Waals surface area contributed by atoms with E-state index in [2.05, 4.69) is 111 Å². The molecule has 9 rings (SSSR count). The lowest BCUT2D eigenvalue weighted by atomic mass is 9.77. The number of carbonyl (C=O) groups excluding carboxylic acids is 2. The summed E-state index contributed by atoms with van der Waals surface area (Å²) in [6.07, 6.45) is 19.0. The Bertz CT molecular complexity index is 2430. The van der Waals surface area contributed by atoms with E-state index in [0.717, 1.165) is 55.8 Å². The summed E-state index contributed by atoms with van der Waals surface area (Å²) in [4.78, 5) is 27.0. The molecule has 2 atom stereocenters. The van der Waals surface area contributed by atoms with Gasteiger partial charge in [-0.25, -0.2) is 0 Å². The normalized spacial score (nSPS) is 23.0. The highest BCUT2D eigenvalue weighted by Gasteiger charge is 2.33. The fourth-order valence-corrected chi connectivity index (χ4v) is 10.8. The first-order chi connectivity index (χ1) is 28.9. The molecular weight excluding hydrogens is 725 g/mol. The Balaban J connectivity index is 1.13. The van der Waals surface area contributed by atoms with E-state index in [9.17, 15) is 9.59 Å². The molecule has 0 N–H and O–H groups in total. The zero-order valence-corrected chi connectivity index (χ0v) is 35.1.